The lowest BCUT2D eigenvalue weighted by Crippen LogP contribution is -2.36. The van der Waals surface area contributed by atoms with E-state index in [9.17, 15) is 14.4 Å². The molecule has 202 valence electrons. The number of primary amides is 1. The van der Waals surface area contributed by atoms with Gasteiger partial charge in [-0.05, 0) is 50.1 Å². The fourth-order valence-electron chi connectivity index (χ4n) is 4.87. The van der Waals surface area contributed by atoms with E-state index in [1.165, 1.54) is 0 Å². The summed E-state index contributed by atoms with van der Waals surface area (Å²) in [6, 6.07) is 9.50. The lowest BCUT2D eigenvalue weighted by Gasteiger charge is -2.32. The number of amides is 3. The number of piperidine rings is 1. The summed E-state index contributed by atoms with van der Waals surface area (Å²) in [6.45, 7) is 4.08. The highest BCUT2D eigenvalue weighted by Crippen LogP contribution is 2.31. The maximum Gasteiger partial charge on any atom is 0.269 e. The SMILES string of the molecule is CNC(=O)CCN(C=O)c1cccc2c1cnn2C1CCN(CCCN(C)c2ccc(C(N)=O)nn2)CC1. The lowest BCUT2D eigenvalue weighted by molar-refractivity contribution is -0.120. The number of hydrogen-bond donors (Lipinski definition) is 2. The van der Waals surface area contributed by atoms with Crippen molar-refractivity contribution in [2.75, 3.05) is 56.6 Å². The van der Waals surface area contributed by atoms with Gasteiger partial charge in [0.05, 0.1) is 23.4 Å². The fraction of sp³-hybridized carbons (Fsp3) is 0.462. The Morgan fingerprint density at radius 3 is 2.61 bits per heavy atom. The molecule has 0 atom stereocenters. The van der Waals surface area contributed by atoms with E-state index < -0.39 is 5.91 Å². The smallest absolute Gasteiger partial charge is 0.269 e. The number of hydrogen-bond acceptors (Lipinski definition) is 8. The van der Waals surface area contributed by atoms with Crippen LogP contribution in [0, 0.1) is 0 Å². The van der Waals surface area contributed by atoms with E-state index in [2.05, 4.69) is 25.1 Å². The normalized spacial score (nSPS) is 14.4. The van der Waals surface area contributed by atoms with E-state index in [1.807, 2.05) is 36.3 Å². The average molecular weight is 522 g/mol. The van der Waals surface area contributed by atoms with Gasteiger partial charge in [0.1, 0.15) is 0 Å². The Balaban J connectivity index is 1.30. The Labute approximate surface area is 221 Å². The van der Waals surface area contributed by atoms with Crippen molar-refractivity contribution in [1.82, 2.24) is 30.2 Å². The molecule has 38 heavy (non-hydrogen) atoms. The molecule has 3 amide bonds. The van der Waals surface area contributed by atoms with Crippen LogP contribution >= 0.6 is 0 Å². The molecular formula is C26H35N9O3. The van der Waals surface area contributed by atoms with Crippen molar-refractivity contribution in [1.29, 1.82) is 0 Å². The third-order valence-corrected chi connectivity index (χ3v) is 7.08. The summed E-state index contributed by atoms with van der Waals surface area (Å²) in [5.74, 6) is 0.0190. The maximum atomic E-state index is 11.8. The predicted octanol–water partition coefficient (Wildman–Crippen LogP) is 1.19. The van der Waals surface area contributed by atoms with E-state index in [0.717, 1.165) is 68.4 Å². The van der Waals surface area contributed by atoms with Gasteiger partial charge < -0.3 is 25.8 Å². The molecule has 0 bridgehead atoms. The number of nitrogens with two attached hydrogens (primary N) is 1. The first-order chi connectivity index (χ1) is 18.4. The minimum Gasteiger partial charge on any atom is -0.364 e. The largest absolute Gasteiger partial charge is 0.364 e. The third kappa shape index (κ3) is 6.25. The van der Waals surface area contributed by atoms with Crippen molar-refractivity contribution in [2.24, 2.45) is 5.73 Å². The van der Waals surface area contributed by atoms with Gasteiger partial charge in [-0.1, -0.05) is 6.07 Å². The topological polar surface area (TPSA) is 143 Å². The molecule has 12 nitrogen and oxygen atoms in total. The molecule has 0 unspecified atom stereocenters. The molecule has 0 saturated carbocycles. The Kier molecular flexibility index (Phi) is 8.85. The van der Waals surface area contributed by atoms with Crippen molar-refractivity contribution < 1.29 is 14.4 Å². The molecule has 12 heteroatoms. The third-order valence-electron chi connectivity index (χ3n) is 7.08. The molecule has 1 fully saturated rings. The highest BCUT2D eigenvalue weighted by molar-refractivity contribution is 5.97. The molecule has 1 aliphatic rings. The summed E-state index contributed by atoms with van der Waals surface area (Å²) in [5, 5.41) is 16.2. The molecule has 1 aliphatic heterocycles. The van der Waals surface area contributed by atoms with Crippen molar-refractivity contribution >= 4 is 40.6 Å². The van der Waals surface area contributed by atoms with E-state index in [0.29, 0.717) is 12.4 Å². The molecule has 3 aromatic rings. The van der Waals surface area contributed by atoms with Crippen LogP contribution in [0.2, 0.25) is 0 Å². The summed E-state index contributed by atoms with van der Waals surface area (Å²) in [5.41, 5.74) is 7.15. The molecule has 3 N–H and O–H groups in total. The summed E-state index contributed by atoms with van der Waals surface area (Å²) in [7, 11) is 3.55. The van der Waals surface area contributed by atoms with Gasteiger partial charge in [0.25, 0.3) is 5.91 Å². The maximum absolute atomic E-state index is 11.8. The van der Waals surface area contributed by atoms with Gasteiger partial charge in [0.2, 0.25) is 12.3 Å². The molecule has 3 heterocycles. The van der Waals surface area contributed by atoms with Gasteiger partial charge in [-0.15, -0.1) is 10.2 Å². The van der Waals surface area contributed by atoms with Gasteiger partial charge in [0.15, 0.2) is 11.5 Å². The molecule has 0 aliphatic carbocycles. The highest BCUT2D eigenvalue weighted by atomic mass is 16.2. The van der Waals surface area contributed by atoms with E-state index in [-0.39, 0.29) is 24.1 Å². The molecule has 1 aromatic carbocycles. The summed E-state index contributed by atoms with van der Waals surface area (Å²) >= 11 is 0. The highest BCUT2D eigenvalue weighted by Gasteiger charge is 2.23. The van der Waals surface area contributed by atoms with Gasteiger partial charge >= 0.3 is 0 Å². The van der Waals surface area contributed by atoms with Gasteiger partial charge in [-0.2, -0.15) is 5.10 Å². The number of fused-ring (bicyclic) bond motifs is 1. The first-order valence-electron chi connectivity index (χ1n) is 12.9. The molecule has 0 spiro atoms. The summed E-state index contributed by atoms with van der Waals surface area (Å²) < 4.78 is 2.08. The van der Waals surface area contributed by atoms with Crippen LogP contribution < -0.4 is 20.9 Å². The number of likely N-dealkylation sites (tertiary alicyclic amines) is 1. The number of nitrogens with one attached hydrogen (secondary N) is 1. The average Bonchev–Trinajstić information content (AvgIpc) is 3.38. The number of benzene rings is 1. The number of carbonyl (C=O) groups is 3. The number of aromatic nitrogens is 4. The first-order valence-corrected chi connectivity index (χ1v) is 12.9. The fourth-order valence-corrected chi connectivity index (χ4v) is 4.87. The van der Waals surface area contributed by atoms with Gasteiger partial charge in [0, 0.05) is 52.1 Å². The van der Waals surface area contributed by atoms with E-state index >= 15 is 0 Å². The molecular weight excluding hydrogens is 486 g/mol. The number of rotatable bonds is 12. The summed E-state index contributed by atoms with van der Waals surface area (Å²) in [6.07, 6.45) is 5.79. The quantitative estimate of drug-likeness (QED) is 0.339. The van der Waals surface area contributed by atoms with Crippen LogP contribution in [0.5, 0.6) is 0 Å². The zero-order chi connectivity index (χ0) is 27.1. The Morgan fingerprint density at radius 2 is 1.95 bits per heavy atom. The van der Waals surface area contributed by atoms with Crippen LogP contribution in [0.3, 0.4) is 0 Å². The van der Waals surface area contributed by atoms with Crippen LogP contribution in [-0.4, -0.2) is 89.9 Å². The minimum absolute atomic E-state index is 0.106. The van der Waals surface area contributed by atoms with Crippen molar-refractivity contribution in [3.8, 4) is 0 Å². The zero-order valence-electron chi connectivity index (χ0n) is 21.9. The molecule has 1 saturated heterocycles. The second-order valence-corrected chi connectivity index (χ2v) is 9.51. The van der Waals surface area contributed by atoms with Crippen molar-refractivity contribution in [2.45, 2.75) is 31.7 Å². The van der Waals surface area contributed by atoms with Crippen LogP contribution in [0.1, 0.15) is 42.2 Å². The van der Waals surface area contributed by atoms with Crippen molar-refractivity contribution in [3.05, 3.63) is 42.2 Å². The Bertz CT molecular complexity index is 1250. The van der Waals surface area contributed by atoms with Crippen LogP contribution in [0.15, 0.2) is 36.5 Å². The number of anilines is 2. The Morgan fingerprint density at radius 1 is 1.16 bits per heavy atom. The van der Waals surface area contributed by atoms with Crippen molar-refractivity contribution in [3.63, 3.8) is 0 Å². The van der Waals surface area contributed by atoms with Crippen LogP contribution in [0.25, 0.3) is 10.9 Å². The minimum atomic E-state index is -0.584. The summed E-state index contributed by atoms with van der Waals surface area (Å²) in [4.78, 5) is 40.7. The monoisotopic (exact) mass is 521 g/mol. The predicted molar refractivity (Wildman–Crippen MR) is 145 cm³/mol. The standard InChI is InChI=1S/C26H35N9O3/c1-28-25(37)11-16-34(18-36)22-5-3-6-23-20(22)17-29-35(23)19-9-14-33(15-10-19)13-4-12-32(2)24-8-7-21(26(27)38)30-31-24/h3,5-8,17-19H,4,9-16H2,1-2H3,(H2,27,38)(H,28,37). The zero-order valence-corrected chi connectivity index (χ0v) is 21.9. The number of carbonyl (C=O) groups excluding carboxylic acids is 3. The molecule has 4 rings (SSSR count). The van der Waals surface area contributed by atoms with Gasteiger partial charge in [-0.25, -0.2) is 0 Å². The van der Waals surface area contributed by atoms with E-state index in [1.54, 1.807) is 24.1 Å². The van der Waals surface area contributed by atoms with Crippen LogP contribution in [-0.2, 0) is 9.59 Å². The number of nitrogens with zero attached hydrogens (tertiary/aromatic N) is 7. The first kappa shape index (κ1) is 27.0. The lowest BCUT2D eigenvalue weighted by atomic mass is 10.0. The molecule has 0 radical (unpaired) electrons. The van der Waals surface area contributed by atoms with E-state index in [4.69, 9.17) is 10.8 Å². The van der Waals surface area contributed by atoms with Crippen LogP contribution in [0.4, 0.5) is 11.5 Å². The Hall–Kier alpha value is -4.06. The second kappa shape index (κ2) is 12.5. The van der Waals surface area contributed by atoms with Gasteiger partial charge in [-0.3, -0.25) is 19.1 Å². The second-order valence-electron chi connectivity index (χ2n) is 9.51. The molecule has 2 aromatic heterocycles.